The van der Waals surface area contributed by atoms with Crippen molar-refractivity contribution < 1.29 is 0 Å². The van der Waals surface area contributed by atoms with Gasteiger partial charge in [-0.15, -0.1) is 11.3 Å². The van der Waals surface area contributed by atoms with E-state index in [0.717, 1.165) is 28.7 Å². The molecule has 2 N–H and O–H groups in total. The molecule has 1 aromatic carbocycles. The van der Waals surface area contributed by atoms with Crippen molar-refractivity contribution in [1.29, 1.82) is 0 Å². The van der Waals surface area contributed by atoms with Gasteiger partial charge in [0, 0.05) is 22.7 Å². The molecule has 138 valence electrons. The first-order valence-electron chi connectivity index (χ1n) is 9.59. The lowest BCUT2D eigenvalue weighted by Crippen LogP contribution is -2.26. The Morgan fingerprint density at radius 1 is 1.23 bits per heavy atom. The van der Waals surface area contributed by atoms with E-state index in [1.165, 1.54) is 40.1 Å². The van der Waals surface area contributed by atoms with Crippen LogP contribution in [0.25, 0.3) is 16.2 Å². The van der Waals surface area contributed by atoms with Crippen molar-refractivity contribution in [2.45, 2.75) is 60.4 Å². The molecule has 2 heterocycles. The van der Waals surface area contributed by atoms with Crippen molar-refractivity contribution in [3.63, 3.8) is 0 Å². The van der Waals surface area contributed by atoms with Gasteiger partial charge in [-0.25, -0.2) is 4.98 Å². The van der Waals surface area contributed by atoms with Gasteiger partial charge in [0.2, 0.25) is 0 Å². The number of hydrogen-bond acceptors (Lipinski definition) is 3. The number of imidazole rings is 1. The molecule has 0 amide bonds. The summed E-state index contributed by atoms with van der Waals surface area (Å²) in [4.78, 5) is 7.64. The molecule has 0 radical (unpaired) electrons. The van der Waals surface area contributed by atoms with Gasteiger partial charge in [-0.1, -0.05) is 32.9 Å². The first kappa shape index (κ1) is 17.7. The Balaban J connectivity index is 1.82. The van der Waals surface area contributed by atoms with Gasteiger partial charge in [0.1, 0.15) is 0 Å². The maximum Gasteiger partial charge on any atom is 0.194 e. The third kappa shape index (κ3) is 2.80. The van der Waals surface area contributed by atoms with Crippen LogP contribution < -0.4 is 5.73 Å². The highest BCUT2D eigenvalue weighted by atomic mass is 32.1. The van der Waals surface area contributed by atoms with Crippen LogP contribution in [-0.2, 0) is 19.4 Å². The Hall–Kier alpha value is -1.65. The minimum Gasteiger partial charge on any atom is -0.325 e. The predicted octanol–water partition coefficient (Wildman–Crippen LogP) is 5.29. The van der Waals surface area contributed by atoms with Gasteiger partial charge in [-0.2, -0.15) is 0 Å². The predicted molar refractivity (Wildman–Crippen MR) is 111 cm³/mol. The van der Waals surface area contributed by atoms with Crippen LogP contribution >= 0.6 is 11.3 Å². The molecule has 0 aliphatic heterocycles. The van der Waals surface area contributed by atoms with Crippen molar-refractivity contribution in [1.82, 2.24) is 9.38 Å². The van der Waals surface area contributed by atoms with E-state index in [9.17, 15) is 0 Å². The fourth-order valence-corrected chi connectivity index (χ4v) is 5.43. The van der Waals surface area contributed by atoms with Gasteiger partial charge >= 0.3 is 0 Å². The molecule has 1 aliphatic carbocycles. The highest BCUT2D eigenvalue weighted by Gasteiger charge is 2.32. The molecule has 3 aromatic rings. The van der Waals surface area contributed by atoms with Crippen molar-refractivity contribution in [3.8, 4) is 11.3 Å². The van der Waals surface area contributed by atoms with E-state index in [2.05, 4.69) is 57.2 Å². The van der Waals surface area contributed by atoms with Crippen LogP contribution in [0.3, 0.4) is 0 Å². The van der Waals surface area contributed by atoms with Crippen molar-refractivity contribution in [2.24, 2.45) is 17.1 Å². The average Bonchev–Trinajstić information content (AvgIpc) is 3.11. The Bertz CT molecular complexity index is 972. The molecule has 0 spiro atoms. The Morgan fingerprint density at radius 2 is 2.00 bits per heavy atom. The van der Waals surface area contributed by atoms with E-state index < -0.39 is 0 Å². The third-order valence-corrected chi connectivity index (χ3v) is 7.21. The number of benzene rings is 1. The zero-order valence-electron chi connectivity index (χ0n) is 16.5. The normalized spacial score (nSPS) is 17.7. The van der Waals surface area contributed by atoms with E-state index in [1.54, 1.807) is 0 Å². The Morgan fingerprint density at radius 3 is 2.65 bits per heavy atom. The smallest absolute Gasteiger partial charge is 0.194 e. The van der Waals surface area contributed by atoms with E-state index in [0.29, 0.717) is 12.0 Å². The minimum absolute atomic E-state index is 0.366. The average molecular weight is 368 g/mol. The van der Waals surface area contributed by atoms with E-state index >= 15 is 0 Å². The summed E-state index contributed by atoms with van der Waals surface area (Å²) >= 11 is 1.87. The molecule has 4 rings (SSSR count). The summed E-state index contributed by atoms with van der Waals surface area (Å²) in [5.41, 5.74) is 14.0. The largest absolute Gasteiger partial charge is 0.325 e. The maximum atomic E-state index is 6.20. The lowest BCUT2D eigenvalue weighted by molar-refractivity contribution is 0.216. The third-order valence-electron chi connectivity index (χ3n) is 6.11. The van der Waals surface area contributed by atoms with Crippen LogP contribution in [0.5, 0.6) is 0 Å². The molecule has 4 heteroatoms. The number of aryl methyl sites for hydroxylation is 3. The quantitative estimate of drug-likeness (QED) is 0.669. The number of rotatable bonds is 2. The highest BCUT2D eigenvalue weighted by molar-refractivity contribution is 7.17. The van der Waals surface area contributed by atoms with Crippen LogP contribution in [0.15, 0.2) is 18.2 Å². The first-order valence-corrected chi connectivity index (χ1v) is 10.4. The molecular formula is C22H29N3S. The van der Waals surface area contributed by atoms with Crippen molar-refractivity contribution >= 4 is 16.3 Å². The summed E-state index contributed by atoms with van der Waals surface area (Å²) in [5, 5.41) is 0. The summed E-state index contributed by atoms with van der Waals surface area (Å²) < 4.78 is 2.36. The second-order valence-electron chi connectivity index (χ2n) is 8.81. The number of nitrogens with two attached hydrogens (primary N) is 1. The summed E-state index contributed by atoms with van der Waals surface area (Å²) in [5.74, 6) is 0.749. The molecule has 2 aromatic heterocycles. The van der Waals surface area contributed by atoms with Gasteiger partial charge in [-0.05, 0) is 61.6 Å². The second kappa shape index (κ2) is 6.21. The van der Waals surface area contributed by atoms with Crippen LogP contribution in [0.1, 0.15) is 54.6 Å². The van der Waals surface area contributed by atoms with Crippen molar-refractivity contribution in [3.05, 3.63) is 45.6 Å². The standard InChI is InChI=1S/C22H29N3S/c1-13-6-7-15(10-14(13)2)20-18(12-23)25-17-9-8-16(22(3,4)5)11-19(17)26-21(25)24-20/h6-7,10,16H,8-9,11-12,23H2,1-5H3. The number of thiazole rings is 1. The summed E-state index contributed by atoms with van der Waals surface area (Å²) in [7, 11) is 0. The van der Waals surface area contributed by atoms with Crippen LogP contribution in [0, 0.1) is 25.2 Å². The zero-order chi connectivity index (χ0) is 18.6. The van der Waals surface area contributed by atoms with Crippen molar-refractivity contribution in [2.75, 3.05) is 0 Å². The second-order valence-corrected chi connectivity index (χ2v) is 9.87. The topological polar surface area (TPSA) is 43.3 Å². The van der Waals surface area contributed by atoms with Gasteiger partial charge in [0.25, 0.3) is 0 Å². The van der Waals surface area contributed by atoms with Crippen LogP contribution in [-0.4, -0.2) is 9.38 Å². The van der Waals surface area contributed by atoms with Gasteiger partial charge in [0.05, 0.1) is 11.4 Å². The number of fused-ring (bicyclic) bond motifs is 3. The Kier molecular flexibility index (Phi) is 4.24. The number of nitrogens with zero attached hydrogens (tertiary/aromatic N) is 2. The lowest BCUT2D eigenvalue weighted by Gasteiger charge is -2.33. The molecule has 0 saturated heterocycles. The fraction of sp³-hybridized carbons (Fsp3) is 0.500. The number of aromatic nitrogens is 2. The highest BCUT2D eigenvalue weighted by Crippen LogP contribution is 2.41. The van der Waals surface area contributed by atoms with E-state index in [4.69, 9.17) is 10.7 Å². The van der Waals surface area contributed by atoms with Gasteiger partial charge < -0.3 is 5.73 Å². The fourth-order valence-electron chi connectivity index (χ4n) is 4.17. The molecular weight excluding hydrogens is 338 g/mol. The lowest BCUT2D eigenvalue weighted by atomic mass is 9.73. The molecule has 0 bridgehead atoms. The molecule has 3 nitrogen and oxygen atoms in total. The van der Waals surface area contributed by atoms with Crippen LogP contribution in [0.4, 0.5) is 0 Å². The monoisotopic (exact) mass is 367 g/mol. The summed E-state index contributed by atoms with van der Waals surface area (Å²) in [6.07, 6.45) is 3.56. The molecule has 0 fully saturated rings. The van der Waals surface area contributed by atoms with Crippen LogP contribution in [0.2, 0.25) is 0 Å². The molecule has 1 unspecified atom stereocenters. The molecule has 0 saturated carbocycles. The Labute approximate surface area is 160 Å². The van der Waals surface area contributed by atoms with E-state index in [1.807, 2.05) is 11.3 Å². The van der Waals surface area contributed by atoms with Gasteiger partial charge in [-0.3, -0.25) is 4.40 Å². The zero-order valence-corrected chi connectivity index (χ0v) is 17.3. The maximum absolute atomic E-state index is 6.20. The minimum atomic E-state index is 0.366. The van der Waals surface area contributed by atoms with E-state index in [-0.39, 0.29) is 0 Å². The molecule has 26 heavy (non-hydrogen) atoms. The first-order chi connectivity index (χ1) is 12.3. The number of hydrogen-bond donors (Lipinski definition) is 1. The summed E-state index contributed by atoms with van der Waals surface area (Å²) in [6.45, 7) is 11.9. The molecule has 1 aliphatic rings. The molecule has 1 atom stereocenters. The van der Waals surface area contributed by atoms with Gasteiger partial charge in [0.15, 0.2) is 4.96 Å². The summed E-state index contributed by atoms with van der Waals surface area (Å²) in [6, 6.07) is 6.60. The SMILES string of the molecule is Cc1ccc(-c2nc3sc4c(n3c2CN)CCC(C(C)(C)C)C4)cc1C.